The average Bonchev–Trinajstić information content (AvgIpc) is 2.42. The van der Waals surface area contributed by atoms with Crippen LogP contribution >= 0.6 is 0 Å². The maximum atomic E-state index is 11.9. The number of aromatic nitrogens is 1. The molecule has 0 saturated carbocycles. The number of ether oxygens (including phenoxy) is 1. The van der Waals surface area contributed by atoms with Crippen molar-refractivity contribution in [2.75, 3.05) is 0 Å². The number of hydrogen-bond acceptors (Lipinski definition) is 2. The van der Waals surface area contributed by atoms with Crippen molar-refractivity contribution in [1.29, 1.82) is 0 Å². The SMILES string of the molecule is C/C=C/c1ccc(=O)n(-c2ccc(OC(C)C)cc2)c1. The molecule has 0 unspecified atom stereocenters. The van der Waals surface area contributed by atoms with Gasteiger partial charge in [0.2, 0.25) is 0 Å². The number of allylic oxidation sites excluding steroid dienone is 1. The zero-order chi connectivity index (χ0) is 14.5. The van der Waals surface area contributed by atoms with Crippen LogP contribution in [0.4, 0.5) is 0 Å². The third-order valence-electron chi connectivity index (χ3n) is 2.78. The quantitative estimate of drug-likeness (QED) is 0.848. The Morgan fingerprint density at radius 1 is 1.10 bits per heavy atom. The van der Waals surface area contributed by atoms with Crippen molar-refractivity contribution in [3.8, 4) is 11.4 Å². The van der Waals surface area contributed by atoms with E-state index in [2.05, 4.69) is 0 Å². The van der Waals surface area contributed by atoms with Gasteiger partial charge in [0.15, 0.2) is 0 Å². The highest BCUT2D eigenvalue weighted by molar-refractivity contribution is 5.49. The molecule has 2 aromatic rings. The second-order valence-electron chi connectivity index (χ2n) is 4.83. The van der Waals surface area contributed by atoms with Crippen molar-refractivity contribution in [3.05, 3.63) is 64.6 Å². The van der Waals surface area contributed by atoms with E-state index in [1.807, 2.05) is 69.5 Å². The summed E-state index contributed by atoms with van der Waals surface area (Å²) in [6.45, 7) is 5.92. The second kappa shape index (κ2) is 6.24. The molecular formula is C17H19NO2. The van der Waals surface area contributed by atoms with E-state index >= 15 is 0 Å². The molecule has 0 amide bonds. The van der Waals surface area contributed by atoms with E-state index in [9.17, 15) is 4.79 Å². The van der Waals surface area contributed by atoms with Gasteiger partial charge >= 0.3 is 0 Å². The molecule has 20 heavy (non-hydrogen) atoms. The van der Waals surface area contributed by atoms with Gasteiger partial charge < -0.3 is 4.74 Å². The first-order chi connectivity index (χ1) is 9.60. The Kier molecular flexibility index (Phi) is 4.41. The van der Waals surface area contributed by atoms with Gasteiger partial charge in [-0.3, -0.25) is 9.36 Å². The van der Waals surface area contributed by atoms with E-state index < -0.39 is 0 Å². The van der Waals surface area contributed by atoms with Crippen LogP contribution in [0.5, 0.6) is 5.75 Å². The molecule has 1 aromatic carbocycles. The molecular weight excluding hydrogens is 250 g/mol. The molecule has 3 nitrogen and oxygen atoms in total. The van der Waals surface area contributed by atoms with Crippen molar-refractivity contribution in [2.45, 2.75) is 26.9 Å². The summed E-state index contributed by atoms with van der Waals surface area (Å²) in [6.07, 6.45) is 5.89. The Morgan fingerprint density at radius 3 is 2.40 bits per heavy atom. The highest BCUT2D eigenvalue weighted by atomic mass is 16.5. The largest absolute Gasteiger partial charge is 0.491 e. The molecule has 0 fully saturated rings. The zero-order valence-electron chi connectivity index (χ0n) is 12.0. The smallest absolute Gasteiger partial charge is 0.255 e. The second-order valence-corrected chi connectivity index (χ2v) is 4.83. The first-order valence-corrected chi connectivity index (χ1v) is 6.72. The predicted molar refractivity (Wildman–Crippen MR) is 82.5 cm³/mol. The van der Waals surface area contributed by atoms with E-state index in [1.165, 1.54) is 0 Å². The van der Waals surface area contributed by atoms with Gasteiger partial charge in [0.25, 0.3) is 5.56 Å². The number of pyridine rings is 1. The lowest BCUT2D eigenvalue weighted by atomic mass is 10.2. The van der Waals surface area contributed by atoms with Gasteiger partial charge in [-0.25, -0.2) is 0 Å². The number of benzene rings is 1. The lowest BCUT2D eigenvalue weighted by Crippen LogP contribution is -2.16. The van der Waals surface area contributed by atoms with Gasteiger partial charge in [0.1, 0.15) is 5.75 Å². The van der Waals surface area contributed by atoms with Gasteiger partial charge in [0.05, 0.1) is 6.10 Å². The van der Waals surface area contributed by atoms with E-state index in [0.717, 1.165) is 17.0 Å². The van der Waals surface area contributed by atoms with Crippen LogP contribution in [0, 0.1) is 0 Å². The van der Waals surface area contributed by atoms with Crippen LogP contribution in [0.15, 0.2) is 53.5 Å². The third-order valence-corrected chi connectivity index (χ3v) is 2.78. The molecule has 0 aliphatic rings. The summed E-state index contributed by atoms with van der Waals surface area (Å²) in [6, 6.07) is 10.9. The topological polar surface area (TPSA) is 31.2 Å². The van der Waals surface area contributed by atoms with E-state index in [0.29, 0.717) is 0 Å². The number of nitrogens with zero attached hydrogens (tertiary/aromatic N) is 1. The summed E-state index contributed by atoms with van der Waals surface area (Å²) >= 11 is 0. The van der Waals surface area contributed by atoms with Gasteiger partial charge in [-0.05, 0) is 56.7 Å². The van der Waals surface area contributed by atoms with Crippen LogP contribution in [-0.2, 0) is 0 Å². The maximum Gasteiger partial charge on any atom is 0.255 e. The summed E-state index contributed by atoms with van der Waals surface area (Å²) in [5.74, 6) is 0.807. The first-order valence-electron chi connectivity index (χ1n) is 6.72. The minimum absolute atomic E-state index is 0.0456. The highest BCUT2D eigenvalue weighted by Crippen LogP contribution is 2.16. The molecule has 3 heteroatoms. The lowest BCUT2D eigenvalue weighted by molar-refractivity contribution is 0.242. The molecule has 0 spiro atoms. The van der Waals surface area contributed by atoms with Gasteiger partial charge in [-0.15, -0.1) is 0 Å². The van der Waals surface area contributed by atoms with E-state index in [-0.39, 0.29) is 11.7 Å². The Labute approximate surface area is 119 Å². The monoisotopic (exact) mass is 269 g/mol. The average molecular weight is 269 g/mol. The summed E-state index contributed by atoms with van der Waals surface area (Å²) in [4.78, 5) is 11.9. The van der Waals surface area contributed by atoms with Gasteiger partial charge in [-0.2, -0.15) is 0 Å². The van der Waals surface area contributed by atoms with Crippen molar-refractivity contribution >= 4 is 6.08 Å². The van der Waals surface area contributed by atoms with Crippen LogP contribution in [-0.4, -0.2) is 10.7 Å². The van der Waals surface area contributed by atoms with Crippen LogP contribution in [0.3, 0.4) is 0 Å². The number of hydrogen-bond donors (Lipinski definition) is 0. The van der Waals surface area contributed by atoms with Crippen molar-refractivity contribution < 1.29 is 4.74 Å². The van der Waals surface area contributed by atoms with Gasteiger partial charge in [0, 0.05) is 18.0 Å². The molecule has 0 N–H and O–H groups in total. The fourth-order valence-corrected chi connectivity index (χ4v) is 1.95. The van der Waals surface area contributed by atoms with Gasteiger partial charge in [-0.1, -0.05) is 12.2 Å². The van der Waals surface area contributed by atoms with Crippen molar-refractivity contribution in [1.82, 2.24) is 4.57 Å². The Hall–Kier alpha value is -2.29. The molecule has 0 saturated heterocycles. The summed E-state index contributed by atoms with van der Waals surface area (Å²) in [5.41, 5.74) is 1.78. The third kappa shape index (κ3) is 3.38. The van der Waals surface area contributed by atoms with E-state index in [1.54, 1.807) is 10.6 Å². The summed E-state index contributed by atoms with van der Waals surface area (Å²) in [5, 5.41) is 0. The normalized spacial score (nSPS) is 11.2. The Morgan fingerprint density at radius 2 is 1.80 bits per heavy atom. The number of rotatable bonds is 4. The molecule has 0 atom stereocenters. The minimum Gasteiger partial charge on any atom is -0.491 e. The van der Waals surface area contributed by atoms with Crippen molar-refractivity contribution in [3.63, 3.8) is 0 Å². The first kappa shape index (κ1) is 14.1. The fourth-order valence-electron chi connectivity index (χ4n) is 1.95. The zero-order valence-corrected chi connectivity index (χ0v) is 12.0. The van der Waals surface area contributed by atoms with Crippen molar-refractivity contribution in [2.24, 2.45) is 0 Å². The van der Waals surface area contributed by atoms with Crippen LogP contribution in [0.1, 0.15) is 26.3 Å². The lowest BCUT2D eigenvalue weighted by Gasteiger charge is -2.11. The van der Waals surface area contributed by atoms with Crippen LogP contribution in [0.2, 0.25) is 0 Å². The minimum atomic E-state index is -0.0456. The molecule has 0 aliphatic heterocycles. The molecule has 0 radical (unpaired) electrons. The Balaban J connectivity index is 2.36. The highest BCUT2D eigenvalue weighted by Gasteiger charge is 2.02. The van der Waals surface area contributed by atoms with Crippen LogP contribution in [0.25, 0.3) is 11.8 Å². The standard InChI is InChI=1S/C17H19NO2/c1-4-5-14-6-11-17(19)18(12-14)15-7-9-16(10-8-15)20-13(2)3/h4-13H,1-3H3/b5-4+. The molecule has 2 rings (SSSR count). The summed E-state index contributed by atoms with van der Waals surface area (Å²) < 4.78 is 7.23. The van der Waals surface area contributed by atoms with E-state index in [4.69, 9.17) is 4.74 Å². The summed E-state index contributed by atoms with van der Waals surface area (Å²) in [7, 11) is 0. The molecule has 0 bridgehead atoms. The molecule has 1 aromatic heterocycles. The fraction of sp³-hybridized carbons (Fsp3) is 0.235. The molecule has 0 aliphatic carbocycles. The maximum absolute atomic E-state index is 11.9. The Bertz CT molecular complexity index is 651. The predicted octanol–water partition coefficient (Wildman–Crippen LogP) is 3.66. The molecule has 104 valence electrons. The molecule has 1 heterocycles. The van der Waals surface area contributed by atoms with Crippen LogP contribution < -0.4 is 10.3 Å².